The molecule has 0 aliphatic carbocycles. The highest BCUT2D eigenvalue weighted by Gasteiger charge is 2.23. The van der Waals surface area contributed by atoms with E-state index in [4.69, 9.17) is 5.11 Å². The first-order valence-corrected chi connectivity index (χ1v) is 4.49. The van der Waals surface area contributed by atoms with Gasteiger partial charge in [0.05, 0.1) is 6.42 Å². The molecule has 4 N–H and O–H groups in total. The van der Waals surface area contributed by atoms with Gasteiger partial charge in [-0.15, -0.1) is 5.10 Å². The molecule has 0 amide bonds. The molecule has 0 unspecified atom stereocenters. The molecule has 0 bridgehead atoms. The van der Waals surface area contributed by atoms with E-state index in [1.807, 2.05) is 10.1 Å². The van der Waals surface area contributed by atoms with E-state index in [1.54, 1.807) is 13.8 Å². The second-order valence-electron chi connectivity index (χ2n) is 3.93. The van der Waals surface area contributed by atoms with Gasteiger partial charge in [0, 0.05) is 5.54 Å². The SMILES string of the molecule is CC(C)(CC(=O)O)Nc1n[nH]c(=O)[nH]c1=O. The zero-order chi connectivity index (χ0) is 12.3. The maximum Gasteiger partial charge on any atom is 0.342 e. The molecular weight excluding hydrogens is 216 g/mol. The summed E-state index contributed by atoms with van der Waals surface area (Å²) >= 11 is 0. The number of aliphatic carboxylic acids is 1. The lowest BCUT2D eigenvalue weighted by atomic mass is 10.0. The van der Waals surface area contributed by atoms with Crippen LogP contribution in [0.4, 0.5) is 5.82 Å². The van der Waals surface area contributed by atoms with Gasteiger partial charge >= 0.3 is 11.7 Å². The van der Waals surface area contributed by atoms with Crippen LogP contribution in [0.3, 0.4) is 0 Å². The topological polar surface area (TPSA) is 128 Å². The lowest BCUT2D eigenvalue weighted by molar-refractivity contribution is -0.137. The summed E-state index contributed by atoms with van der Waals surface area (Å²) in [7, 11) is 0. The largest absolute Gasteiger partial charge is 0.481 e. The molecule has 88 valence electrons. The maximum absolute atomic E-state index is 11.3. The third kappa shape index (κ3) is 3.23. The van der Waals surface area contributed by atoms with Gasteiger partial charge in [0.15, 0.2) is 0 Å². The number of aromatic nitrogens is 3. The van der Waals surface area contributed by atoms with E-state index in [-0.39, 0.29) is 12.2 Å². The molecule has 0 aromatic carbocycles. The Bertz CT molecular complexity index is 501. The predicted molar refractivity (Wildman–Crippen MR) is 55.4 cm³/mol. The summed E-state index contributed by atoms with van der Waals surface area (Å²) in [6.45, 7) is 3.21. The van der Waals surface area contributed by atoms with Crippen molar-refractivity contribution in [2.45, 2.75) is 25.8 Å². The Labute approximate surface area is 89.7 Å². The van der Waals surface area contributed by atoms with E-state index in [1.165, 1.54) is 0 Å². The fraction of sp³-hybridized carbons (Fsp3) is 0.500. The number of H-pyrrole nitrogens is 2. The fourth-order valence-electron chi connectivity index (χ4n) is 1.18. The second-order valence-corrected chi connectivity index (χ2v) is 3.93. The van der Waals surface area contributed by atoms with Crippen LogP contribution in [0.15, 0.2) is 9.59 Å². The summed E-state index contributed by atoms with van der Waals surface area (Å²) in [6, 6.07) is 0. The number of hydrogen-bond acceptors (Lipinski definition) is 5. The van der Waals surface area contributed by atoms with Crippen LogP contribution in [0.1, 0.15) is 20.3 Å². The number of carboxylic acids is 1. The van der Waals surface area contributed by atoms with Gasteiger partial charge in [-0.1, -0.05) is 0 Å². The lowest BCUT2D eigenvalue weighted by Crippen LogP contribution is -2.38. The first kappa shape index (κ1) is 12.0. The summed E-state index contributed by atoms with van der Waals surface area (Å²) in [5.41, 5.74) is -2.25. The van der Waals surface area contributed by atoms with Crippen LogP contribution in [0.2, 0.25) is 0 Å². The maximum atomic E-state index is 11.3. The van der Waals surface area contributed by atoms with Crippen LogP contribution >= 0.6 is 0 Å². The van der Waals surface area contributed by atoms with Gasteiger partial charge in [-0.2, -0.15) is 0 Å². The highest BCUT2D eigenvalue weighted by molar-refractivity contribution is 5.69. The van der Waals surface area contributed by atoms with Crippen LogP contribution < -0.4 is 16.6 Å². The minimum Gasteiger partial charge on any atom is -0.481 e. The van der Waals surface area contributed by atoms with Gasteiger partial charge in [0.25, 0.3) is 5.56 Å². The molecule has 0 atom stereocenters. The van der Waals surface area contributed by atoms with Crippen LogP contribution in [-0.2, 0) is 4.79 Å². The average molecular weight is 228 g/mol. The third-order valence-corrected chi connectivity index (χ3v) is 1.76. The minimum atomic E-state index is -1.00. The normalized spacial score (nSPS) is 11.1. The number of aromatic amines is 2. The van der Waals surface area contributed by atoms with Crippen molar-refractivity contribution < 1.29 is 9.90 Å². The van der Waals surface area contributed by atoms with E-state index in [0.29, 0.717) is 0 Å². The molecule has 1 rings (SSSR count). The molecule has 0 radical (unpaired) electrons. The first-order chi connectivity index (χ1) is 7.30. The molecule has 0 aliphatic rings. The van der Waals surface area contributed by atoms with Crippen molar-refractivity contribution in [3.05, 3.63) is 20.8 Å². The first-order valence-electron chi connectivity index (χ1n) is 4.49. The molecule has 8 heteroatoms. The van der Waals surface area contributed by atoms with Gasteiger partial charge in [0.2, 0.25) is 5.82 Å². The van der Waals surface area contributed by atoms with Gasteiger partial charge in [-0.05, 0) is 13.8 Å². The molecule has 8 nitrogen and oxygen atoms in total. The highest BCUT2D eigenvalue weighted by Crippen LogP contribution is 2.12. The summed E-state index contributed by atoms with van der Waals surface area (Å²) in [5, 5.41) is 16.8. The third-order valence-electron chi connectivity index (χ3n) is 1.76. The molecule has 1 heterocycles. The van der Waals surface area contributed by atoms with E-state index < -0.39 is 22.8 Å². The number of anilines is 1. The van der Waals surface area contributed by atoms with E-state index in [9.17, 15) is 14.4 Å². The Hall–Kier alpha value is -2.12. The molecule has 0 saturated carbocycles. The molecular formula is C8H12N4O4. The summed E-state index contributed by atoms with van der Waals surface area (Å²) in [5.74, 6) is -1.12. The minimum absolute atomic E-state index is 0.120. The molecule has 0 fully saturated rings. The predicted octanol–water partition coefficient (Wildman–Crippen LogP) is -0.877. The Morgan fingerprint density at radius 2 is 2.12 bits per heavy atom. The summed E-state index contributed by atoms with van der Waals surface area (Å²) < 4.78 is 0. The van der Waals surface area contributed by atoms with E-state index in [0.717, 1.165) is 0 Å². The Morgan fingerprint density at radius 1 is 1.50 bits per heavy atom. The summed E-state index contributed by atoms with van der Waals surface area (Å²) in [6.07, 6.45) is -0.187. The quantitative estimate of drug-likeness (QED) is 0.530. The molecule has 16 heavy (non-hydrogen) atoms. The van der Waals surface area contributed by atoms with Crippen molar-refractivity contribution in [2.75, 3.05) is 5.32 Å². The van der Waals surface area contributed by atoms with Crippen molar-refractivity contribution in [1.82, 2.24) is 15.2 Å². The van der Waals surface area contributed by atoms with Crippen LogP contribution in [0.5, 0.6) is 0 Å². The van der Waals surface area contributed by atoms with Crippen LogP contribution in [-0.4, -0.2) is 31.8 Å². The van der Waals surface area contributed by atoms with Crippen molar-refractivity contribution in [2.24, 2.45) is 0 Å². The van der Waals surface area contributed by atoms with Gasteiger partial charge in [0.1, 0.15) is 0 Å². The monoisotopic (exact) mass is 228 g/mol. The number of nitrogens with zero attached hydrogens (tertiary/aromatic N) is 1. The number of nitrogens with one attached hydrogen (secondary N) is 3. The summed E-state index contributed by atoms with van der Waals surface area (Å²) in [4.78, 5) is 34.5. The highest BCUT2D eigenvalue weighted by atomic mass is 16.4. The molecule has 1 aromatic rings. The van der Waals surface area contributed by atoms with Gasteiger partial charge in [-0.25, -0.2) is 9.89 Å². The molecule has 1 aromatic heterocycles. The molecule has 0 saturated heterocycles. The number of hydrogen-bond donors (Lipinski definition) is 4. The van der Waals surface area contributed by atoms with E-state index in [2.05, 4.69) is 10.4 Å². The number of rotatable bonds is 4. The van der Waals surface area contributed by atoms with Crippen molar-refractivity contribution in [3.63, 3.8) is 0 Å². The second kappa shape index (κ2) is 4.17. The van der Waals surface area contributed by atoms with Crippen LogP contribution in [0.25, 0.3) is 0 Å². The lowest BCUT2D eigenvalue weighted by Gasteiger charge is -2.23. The van der Waals surface area contributed by atoms with Crippen LogP contribution in [0, 0.1) is 0 Å². The van der Waals surface area contributed by atoms with Crippen molar-refractivity contribution in [1.29, 1.82) is 0 Å². The van der Waals surface area contributed by atoms with E-state index >= 15 is 0 Å². The fourth-order valence-corrected chi connectivity index (χ4v) is 1.18. The molecule has 0 aliphatic heterocycles. The van der Waals surface area contributed by atoms with Gasteiger partial charge in [-0.3, -0.25) is 14.6 Å². The zero-order valence-corrected chi connectivity index (χ0v) is 8.83. The molecule has 0 spiro atoms. The Kier molecular flexibility index (Phi) is 3.11. The number of carbonyl (C=O) groups is 1. The van der Waals surface area contributed by atoms with Crippen molar-refractivity contribution in [3.8, 4) is 0 Å². The average Bonchev–Trinajstić information content (AvgIpc) is 2.07. The van der Waals surface area contributed by atoms with Crippen molar-refractivity contribution >= 4 is 11.8 Å². The van der Waals surface area contributed by atoms with Gasteiger partial charge < -0.3 is 10.4 Å². The Balaban J connectivity index is 2.92. The smallest absolute Gasteiger partial charge is 0.342 e. The standard InChI is InChI=1S/C8H12N4O4/c1-8(2,3-4(13)14)10-5-6(15)9-7(16)12-11-5/h3H2,1-2H3,(H,10,11)(H,13,14)(H2,9,12,15,16). The Morgan fingerprint density at radius 3 is 2.62 bits per heavy atom. The number of carboxylic acid groups (broad SMARTS) is 1. The zero-order valence-electron chi connectivity index (χ0n) is 8.83.